The van der Waals surface area contributed by atoms with E-state index in [9.17, 15) is 37.4 Å². The number of rotatable bonds is 39. The summed E-state index contributed by atoms with van der Waals surface area (Å²) >= 11 is 25.5. The summed E-state index contributed by atoms with van der Waals surface area (Å²) in [6.07, 6.45) is 13.6. The summed E-state index contributed by atoms with van der Waals surface area (Å²) in [4.78, 5) is 91.4. The van der Waals surface area contributed by atoms with Crippen LogP contribution >= 0.6 is 75.0 Å². The third-order valence-corrected chi connectivity index (χ3v) is 27.9. The van der Waals surface area contributed by atoms with Crippen molar-refractivity contribution in [3.05, 3.63) is 282 Å². The van der Waals surface area contributed by atoms with Gasteiger partial charge in [0, 0.05) is 80.7 Å². The number of halogens is 4. The van der Waals surface area contributed by atoms with Gasteiger partial charge in [-0.1, -0.05) is 146 Å². The number of carbonyl (C=O) groups excluding carboxylic acids is 4. The number of unbranched alkanes of at least 4 members (excludes halogenated alkanes) is 1. The molecule has 0 fully saturated rings. The number of hydrogen-bond acceptors (Lipinski definition) is 27. The van der Waals surface area contributed by atoms with Crippen molar-refractivity contribution in [2.45, 2.75) is 60.0 Å². The van der Waals surface area contributed by atoms with Gasteiger partial charge >= 0.3 is 0 Å². The Kier molecular flexibility index (Phi) is 40.6. The molecule has 140 heavy (non-hydrogen) atoms. The minimum Gasteiger partial charge on any atom is -0.489 e. The molecule has 12 aromatic rings. The third-order valence-electron chi connectivity index (χ3n) is 20.6. The smallest absolute Gasteiger partial charge is 0.250 e. The van der Waals surface area contributed by atoms with Gasteiger partial charge in [-0.05, 0) is 279 Å². The molecule has 0 unspecified atom stereocenters. The number of benzene rings is 8. The van der Waals surface area contributed by atoms with Crippen molar-refractivity contribution in [3.8, 4) is 5.75 Å². The highest BCUT2D eigenvalue weighted by Crippen LogP contribution is 2.44. The first-order valence-corrected chi connectivity index (χ1v) is 56.2. The van der Waals surface area contributed by atoms with Crippen molar-refractivity contribution in [3.63, 3.8) is 0 Å². The Hall–Kier alpha value is -12.9. The summed E-state index contributed by atoms with van der Waals surface area (Å²) < 4.78 is 56.8. The van der Waals surface area contributed by atoms with Crippen molar-refractivity contribution >= 4 is 235 Å². The summed E-state index contributed by atoms with van der Waals surface area (Å²) in [6.45, 7) is 40.5. The number of ether oxygens (including phenoxy) is 1. The van der Waals surface area contributed by atoms with Crippen molar-refractivity contribution in [2.24, 2.45) is 0 Å². The molecule has 8 aromatic carbocycles. The maximum absolute atomic E-state index is 12.8. The fourth-order valence-electron chi connectivity index (χ4n) is 13.6. The van der Waals surface area contributed by atoms with E-state index in [0.29, 0.717) is 148 Å². The van der Waals surface area contributed by atoms with E-state index < -0.39 is 28.6 Å². The van der Waals surface area contributed by atoms with Crippen LogP contribution in [-0.2, 0) is 43.9 Å². The Labute approximate surface area is 839 Å². The SMILES string of the molecule is C=CC(=O)N(CCCCN(C)C)c1ccc(C)c(Nc2ncc(Cl)c(Nc3ccccc3P(C)(C)=O)n2)c1.C=CC(=O)N(CCN(C)C)c1ccc(C)c(Nc2ncc(Cl)c(Nc3ccccc3P(C)(C)=O)n2)c1.C=CC(=O)Nc1ccc(CC)c(Nc2ncc(Cl)c(Nc3ccccc3P(C)(C)=O)n2)c1.C=CC(=O)Nc1ccc(OC(C)C)c(Nc2ncc(Cl)c(Nc3ccccc3P(C)(C)=O)n2)c1. The topological polar surface area (TPSA) is 382 Å². The molecule has 31 nitrogen and oxygen atoms in total. The van der Waals surface area contributed by atoms with Gasteiger partial charge in [0.1, 0.15) is 54.4 Å². The number of nitrogens with one attached hydrogen (secondary N) is 10. The number of aryl methyl sites for hydroxylation is 3. The lowest BCUT2D eigenvalue weighted by atomic mass is 10.1. The molecule has 10 N–H and O–H groups in total. The molecule has 0 spiro atoms. The molecule has 12 rings (SSSR count). The van der Waals surface area contributed by atoms with E-state index in [4.69, 9.17) is 51.1 Å². The molecule has 4 aromatic heterocycles. The van der Waals surface area contributed by atoms with E-state index >= 15 is 0 Å². The molecule has 39 heteroatoms. The molecule has 736 valence electrons. The normalized spacial score (nSPS) is 11.2. The van der Waals surface area contributed by atoms with E-state index in [1.165, 1.54) is 49.1 Å². The molecule has 0 radical (unpaired) electrons. The number of aromatic nitrogens is 8. The fourth-order valence-corrected chi connectivity index (χ4v) is 18.7. The Morgan fingerprint density at radius 3 is 1.01 bits per heavy atom. The molecule has 0 bridgehead atoms. The summed E-state index contributed by atoms with van der Waals surface area (Å²) in [7, 11) is -2.11. The average Bonchev–Trinajstić information content (AvgIpc) is 0.814. The van der Waals surface area contributed by atoms with Crippen LogP contribution in [0.5, 0.6) is 5.75 Å². The Morgan fingerprint density at radius 1 is 0.379 bits per heavy atom. The minimum absolute atomic E-state index is 0.0761. The molecule has 0 aliphatic heterocycles. The van der Waals surface area contributed by atoms with Gasteiger partial charge in [0.15, 0.2) is 23.3 Å². The third kappa shape index (κ3) is 33.2. The Morgan fingerprint density at radius 2 is 0.693 bits per heavy atom. The number of carbonyl (C=O) groups is 4. The second kappa shape index (κ2) is 51.3. The van der Waals surface area contributed by atoms with Crippen LogP contribution in [0.1, 0.15) is 50.3 Å². The molecule has 0 saturated heterocycles. The van der Waals surface area contributed by atoms with Crippen molar-refractivity contribution < 1.29 is 42.2 Å². The first-order valence-electron chi connectivity index (χ1n) is 44.3. The molecular weight excluding hydrogens is 1930 g/mol. The van der Waals surface area contributed by atoms with Crippen molar-refractivity contribution in [1.29, 1.82) is 0 Å². The predicted molar refractivity (Wildman–Crippen MR) is 586 cm³/mol. The van der Waals surface area contributed by atoms with Crippen molar-refractivity contribution in [2.75, 3.05) is 171 Å². The van der Waals surface area contributed by atoms with Crippen LogP contribution in [0, 0.1) is 13.8 Å². The number of amides is 4. The molecular formula is C101H120Cl4N22O9P4. The van der Waals surface area contributed by atoms with E-state index in [1.807, 2.05) is 219 Å². The quantitative estimate of drug-likeness (QED) is 0.00971. The maximum atomic E-state index is 12.8. The molecule has 0 saturated carbocycles. The van der Waals surface area contributed by atoms with Gasteiger partial charge in [-0.3, -0.25) is 19.2 Å². The van der Waals surface area contributed by atoms with Crippen LogP contribution in [0.3, 0.4) is 0 Å². The second-order valence-corrected chi connectivity index (χ2v) is 48.6. The van der Waals surface area contributed by atoms with E-state index in [-0.39, 0.29) is 35.7 Å². The highest BCUT2D eigenvalue weighted by Gasteiger charge is 2.26. The highest BCUT2D eigenvalue weighted by atomic mass is 35.5. The van der Waals surface area contributed by atoms with Crippen LogP contribution < -0.4 is 88.9 Å². The predicted octanol–water partition coefficient (Wildman–Crippen LogP) is 22.6. The molecule has 4 heterocycles. The van der Waals surface area contributed by atoms with Crippen molar-refractivity contribution in [1.82, 2.24) is 49.7 Å². The van der Waals surface area contributed by atoms with E-state index in [1.54, 1.807) is 81.3 Å². The molecule has 0 aliphatic carbocycles. The van der Waals surface area contributed by atoms with E-state index in [0.717, 1.165) is 70.9 Å². The van der Waals surface area contributed by atoms with Gasteiger partial charge in [-0.15, -0.1) is 0 Å². The number of anilines is 20. The Balaban J connectivity index is 0.000000209. The van der Waals surface area contributed by atoms with Gasteiger partial charge in [-0.2, -0.15) is 19.9 Å². The Bertz CT molecular complexity index is 6690. The number of para-hydroxylation sites is 4. The zero-order valence-corrected chi connectivity index (χ0v) is 88.1. The average molecular weight is 2050 g/mol. The lowest BCUT2D eigenvalue weighted by Gasteiger charge is -2.24. The monoisotopic (exact) mass is 2050 g/mol. The van der Waals surface area contributed by atoms with Gasteiger partial charge in [0.25, 0.3) is 0 Å². The molecule has 0 atom stereocenters. The first-order chi connectivity index (χ1) is 66.2. The van der Waals surface area contributed by atoms with Crippen LogP contribution in [0.25, 0.3) is 0 Å². The fraction of sp³-hybridized carbons (Fsp3) is 0.248. The number of nitrogens with zero attached hydrogens (tertiary/aromatic N) is 12. The van der Waals surface area contributed by atoms with Gasteiger partial charge in [0.05, 0.1) is 59.3 Å². The summed E-state index contributed by atoms with van der Waals surface area (Å²) in [5.41, 5.74) is 11.1. The molecule has 4 amide bonds. The lowest BCUT2D eigenvalue weighted by molar-refractivity contribution is -0.115. The zero-order chi connectivity index (χ0) is 103. The maximum Gasteiger partial charge on any atom is 0.250 e. The largest absolute Gasteiger partial charge is 0.489 e. The van der Waals surface area contributed by atoms with Gasteiger partial charge in [-0.25, -0.2) is 19.9 Å². The molecule has 0 aliphatic rings. The number of hydrogen-bond donors (Lipinski definition) is 10. The van der Waals surface area contributed by atoms with Crippen LogP contribution in [-0.4, -0.2) is 187 Å². The van der Waals surface area contributed by atoms with Gasteiger partial charge in [0.2, 0.25) is 47.4 Å². The number of likely N-dealkylation sites (N-methyl/N-ethyl adjacent to an activating group) is 1. The lowest BCUT2D eigenvalue weighted by Crippen LogP contribution is -2.35. The minimum atomic E-state index is -2.54. The first kappa shape index (κ1) is 111. The summed E-state index contributed by atoms with van der Waals surface area (Å²) in [5.74, 6) is 2.35. The zero-order valence-electron chi connectivity index (χ0n) is 81.5. The van der Waals surface area contributed by atoms with Crippen LogP contribution in [0.15, 0.2) is 245 Å². The van der Waals surface area contributed by atoms with Gasteiger partial charge < -0.3 is 95.8 Å². The van der Waals surface area contributed by atoms with Crippen LogP contribution in [0.4, 0.5) is 115 Å². The van der Waals surface area contributed by atoms with E-state index in [2.05, 4.69) is 124 Å². The second-order valence-electron chi connectivity index (χ2n) is 34.2. The summed E-state index contributed by atoms with van der Waals surface area (Å²) in [5, 5.41) is 35.2. The highest BCUT2D eigenvalue weighted by molar-refractivity contribution is 7.71. The summed E-state index contributed by atoms with van der Waals surface area (Å²) in [6, 6.07) is 51.7. The standard InChI is InChI=1S/C28H36ClN6O2P.C26H32ClN6O2P.C24H27ClN5O3P.C23H25ClN5O2P/c1-7-26(36)35(17-11-10-16-34(3)4)21-15-14-20(2)24(18-21)32-28-30-19-22(29)27(33-28)31-23-12-8-9-13-25(23)38(5,6)37;1-7-24(34)33(15-14-32(3)4)19-13-12-18(2)22(16-19)30-26-28-17-20(27)25(31-26)29-21-10-8-9-11-23(21)36(5,6)35;1-6-22(31)27-16-11-12-20(33-15(2)3)19(13-16)29-24-26-14-17(25)23(30-24)28-18-9-7-8-10-21(18)34(4,5)32;1-5-15-11-12-16(26-21(30)6-2)13-19(15)28-23-25-14-17(24)22(29-23)27-18-9-7-8-10-20(18)32(3,4)31/h7-9,12-15,18-19H,1,10-11,16-17H2,2-6H3,(H2,30,31,32,33);7-13,16-17H,1,14-15H2,2-6H3,(H2,28,29,30,31);6-15H,1H2,2-5H3,(H,27,31)(H2,26,28,29,30);6-14H,2,5H2,1,3-4H3,(H,26,30)(H2,25,27,28,29). The van der Waals surface area contributed by atoms with Crippen LogP contribution in [0.2, 0.25) is 20.1 Å².